The van der Waals surface area contributed by atoms with Gasteiger partial charge in [0.25, 0.3) is 5.56 Å². The summed E-state index contributed by atoms with van der Waals surface area (Å²) >= 11 is 0. The number of benzene rings is 2. The Kier molecular flexibility index (Phi) is 4.56. The molecule has 3 rings (SSSR count). The zero-order chi connectivity index (χ0) is 16.9. The molecule has 24 heavy (non-hydrogen) atoms. The Hall–Kier alpha value is -3.15. The van der Waals surface area contributed by atoms with Gasteiger partial charge in [-0.05, 0) is 18.2 Å². The largest absolute Gasteiger partial charge is 0.490 e. The first-order chi connectivity index (χ1) is 11.7. The van der Waals surface area contributed by atoms with E-state index in [0.717, 1.165) is 4.68 Å². The van der Waals surface area contributed by atoms with Crippen LogP contribution in [0, 0.1) is 0 Å². The van der Waals surface area contributed by atoms with Gasteiger partial charge in [0.15, 0.2) is 5.69 Å². The Labute approximate surface area is 138 Å². The summed E-state index contributed by atoms with van der Waals surface area (Å²) in [5.74, 6) is 0.123. The summed E-state index contributed by atoms with van der Waals surface area (Å²) in [6, 6.07) is 16.1. The van der Waals surface area contributed by atoms with Gasteiger partial charge in [-0.25, -0.2) is 9.48 Å². The summed E-state index contributed by atoms with van der Waals surface area (Å²) in [7, 11) is 1.50. The number of para-hydroxylation sites is 1. The van der Waals surface area contributed by atoms with Gasteiger partial charge in [0.05, 0.1) is 5.39 Å². The molecule has 0 N–H and O–H groups in total. The third-order valence-electron chi connectivity index (χ3n) is 3.48. The van der Waals surface area contributed by atoms with E-state index in [0.29, 0.717) is 16.5 Å². The van der Waals surface area contributed by atoms with E-state index in [-0.39, 0.29) is 24.5 Å². The van der Waals surface area contributed by atoms with E-state index in [1.54, 1.807) is 24.3 Å². The standard InChI is InChI=1S/C18H16N2O4/c1-20-17(21)15-10-6-5-9-14(15)16(19-20)18(22)24-12-11-23-13-7-3-2-4-8-13/h2-10H,11-12H2,1H3. The van der Waals surface area contributed by atoms with Crippen molar-refractivity contribution in [2.24, 2.45) is 7.05 Å². The fraction of sp³-hybridized carbons (Fsp3) is 0.167. The van der Waals surface area contributed by atoms with Crippen molar-refractivity contribution in [2.75, 3.05) is 13.2 Å². The highest BCUT2D eigenvalue weighted by Crippen LogP contribution is 2.14. The number of nitrogens with zero attached hydrogens (tertiary/aromatic N) is 2. The van der Waals surface area contributed by atoms with E-state index in [9.17, 15) is 9.59 Å². The van der Waals surface area contributed by atoms with Crippen LogP contribution in [0.4, 0.5) is 0 Å². The first-order valence-electron chi connectivity index (χ1n) is 7.48. The second-order valence-corrected chi connectivity index (χ2v) is 5.12. The summed E-state index contributed by atoms with van der Waals surface area (Å²) in [4.78, 5) is 24.3. The molecule has 0 unspecified atom stereocenters. The molecular weight excluding hydrogens is 308 g/mol. The highest BCUT2D eigenvalue weighted by atomic mass is 16.6. The lowest BCUT2D eigenvalue weighted by Crippen LogP contribution is -2.24. The molecule has 122 valence electrons. The first kappa shape index (κ1) is 15.7. The number of carbonyl (C=O) groups is 1. The van der Waals surface area contributed by atoms with Crippen LogP contribution in [0.2, 0.25) is 0 Å². The number of hydrogen-bond acceptors (Lipinski definition) is 5. The summed E-state index contributed by atoms with van der Waals surface area (Å²) < 4.78 is 11.8. The van der Waals surface area contributed by atoms with Gasteiger partial charge >= 0.3 is 5.97 Å². The minimum absolute atomic E-state index is 0.0899. The number of fused-ring (bicyclic) bond motifs is 1. The number of esters is 1. The van der Waals surface area contributed by atoms with Crippen LogP contribution in [0.15, 0.2) is 59.4 Å². The van der Waals surface area contributed by atoms with Crippen molar-refractivity contribution in [1.29, 1.82) is 0 Å². The van der Waals surface area contributed by atoms with Crippen molar-refractivity contribution < 1.29 is 14.3 Å². The zero-order valence-corrected chi connectivity index (χ0v) is 13.1. The Morgan fingerprint density at radius 2 is 1.67 bits per heavy atom. The van der Waals surface area contributed by atoms with Crippen molar-refractivity contribution >= 4 is 16.7 Å². The molecule has 0 atom stereocenters. The molecule has 0 fully saturated rings. The smallest absolute Gasteiger partial charge is 0.359 e. The van der Waals surface area contributed by atoms with E-state index in [4.69, 9.17) is 9.47 Å². The molecule has 0 aliphatic heterocycles. The SMILES string of the molecule is Cn1nc(C(=O)OCCOc2ccccc2)c2ccccc2c1=O. The molecule has 0 saturated heterocycles. The monoisotopic (exact) mass is 324 g/mol. The van der Waals surface area contributed by atoms with Gasteiger partial charge in [-0.15, -0.1) is 0 Å². The normalized spacial score (nSPS) is 10.5. The van der Waals surface area contributed by atoms with Crippen molar-refractivity contribution in [2.45, 2.75) is 0 Å². The second kappa shape index (κ2) is 6.95. The highest BCUT2D eigenvalue weighted by molar-refractivity contribution is 6.02. The Morgan fingerprint density at radius 1 is 1.00 bits per heavy atom. The fourth-order valence-electron chi connectivity index (χ4n) is 2.33. The van der Waals surface area contributed by atoms with Crippen LogP contribution in [0.25, 0.3) is 10.8 Å². The van der Waals surface area contributed by atoms with E-state index in [1.165, 1.54) is 7.05 Å². The molecular formula is C18H16N2O4. The van der Waals surface area contributed by atoms with Gasteiger partial charge in [0, 0.05) is 12.4 Å². The molecule has 0 radical (unpaired) electrons. The van der Waals surface area contributed by atoms with Gasteiger partial charge in [0.1, 0.15) is 19.0 Å². The molecule has 0 amide bonds. The average molecular weight is 324 g/mol. The number of aryl methyl sites for hydroxylation is 1. The average Bonchev–Trinajstić information content (AvgIpc) is 2.62. The van der Waals surface area contributed by atoms with Gasteiger partial charge in [-0.1, -0.05) is 36.4 Å². The van der Waals surface area contributed by atoms with E-state index in [1.807, 2.05) is 30.3 Å². The molecule has 1 aromatic heterocycles. The van der Waals surface area contributed by atoms with Gasteiger partial charge in [-0.3, -0.25) is 4.79 Å². The maximum absolute atomic E-state index is 12.3. The van der Waals surface area contributed by atoms with Gasteiger partial charge < -0.3 is 9.47 Å². The van der Waals surface area contributed by atoms with Crippen LogP contribution < -0.4 is 10.3 Å². The third-order valence-corrected chi connectivity index (χ3v) is 3.48. The molecule has 1 heterocycles. The lowest BCUT2D eigenvalue weighted by atomic mass is 10.1. The quantitative estimate of drug-likeness (QED) is 0.531. The van der Waals surface area contributed by atoms with Gasteiger partial charge in [0.2, 0.25) is 0 Å². The van der Waals surface area contributed by atoms with E-state index >= 15 is 0 Å². The molecule has 0 aliphatic rings. The van der Waals surface area contributed by atoms with Crippen molar-refractivity contribution in [3.05, 3.63) is 70.6 Å². The summed E-state index contributed by atoms with van der Waals surface area (Å²) in [5.41, 5.74) is -0.137. The number of ether oxygens (including phenoxy) is 2. The first-order valence-corrected chi connectivity index (χ1v) is 7.48. The van der Waals surface area contributed by atoms with Crippen LogP contribution >= 0.6 is 0 Å². The van der Waals surface area contributed by atoms with Crippen LogP contribution in [-0.2, 0) is 11.8 Å². The molecule has 3 aromatic rings. The number of hydrogen-bond donors (Lipinski definition) is 0. The number of rotatable bonds is 5. The molecule has 0 saturated carbocycles. The molecule has 0 spiro atoms. The van der Waals surface area contributed by atoms with Crippen molar-refractivity contribution in [1.82, 2.24) is 9.78 Å². The fourth-order valence-corrected chi connectivity index (χ4v) is 2.33. The third kappa shape index (κ3) is 3.27. The summed E-state index contributed by atoms with van der Waals surface area (Å²) in [6.07, 6.45) is 0. The minimum Gasteiger partial charge on any atom is -0.490 e. The molecule has 6 nitrogen and oxygen atoms in total. The van der Waals surface area contributed by atoms with Crippen LogP contribution in [0.3, 0.4) is 0 Å². The lowest BCUT2D eigenvalue weighted by Gasteiger charge is -2.09. The molecule has 0 aliphatic carbocycles. The van der Waals surface area contributed by atoms with E-state index in [2.05, 4.69) is 5.10 Å². The zero-order valence-electron chi connectivity index (χ0n) is 13.1. The predicted octanol–water partition coefficient (Wildman–Crippen LogP) is 2.17. The topological polar surface area (TPSA) is 70.4 Å². The van der Waals surface area contributed by atoms with Crippen LogP contribution in [0.1, 0.15) is 10.5 Å². The van der Waals surface area contributed by atoms with Gasteiger partial charge in [-0.2, -0.15) is 5.10 Å². The lowest BCUT2D eigenvalue weighted by molar-refractivity contribution is 0.0443. The molecule has 6 heteroatoms. The summed E-state index contributed by atoms with van der Waals surface area (Å²) in [6.45, 7) is 0.325. The minimum atomic E-state index is -0.585. The Bertz CT molecular complexity index is 919. The highest BCUT2D eigenvalue weighted by Gasteiger charge is 2.16. The number of aromatic nitrogens is 2. The maximum atomic E-state index is 12.3. The van der Waals surface area contributed by atoms with E-state index < -0.39 is 5.97 Å². The maximum Gasteiger partial charge on any atom is 0.359 e. The Balaban J connectivity index is 1.70. The van der Waals surface area contributed by atoms with Crippen molar-refractivity contribution in [3.8, 4) is 5.75 Å². The predicted molar refractivity (Wildman–Crippen MR) is 89.2 cm³/mol. The second-order valence-electron chi connectivity index (χ2n) is 5.12. The number of carbonyl (C=O) groups excluding carboxylic acids is 1. The van der Waals surface area contributed by atoms with Crippen LogP contribution in [0.5, 0.6) is 5.75 Å². The summed E-state index contributed by atoms with van der Waals surface area (Å²) in [5, 5.41) is 4.94. The molecule has 2 aromatic carbocycles. The molecule has 0 bridgehead atoms. The van der Waals surface area contributed by atoms with Crippen LogP contribution in [-0.4, -0.2) is 29.0 Å². The van der Waals surface area contributed by atoms with Crippen molar-refractivity contribution in [3.63, 3.8) is 0 Å². The Morgan fingerprint density at radius 3 is 2.42 bits per heavy atom.